The maximum atomic E-state index is 6.05. The van der Waals surface area contributed by atoms with Crippen LogP contribution in [-0.2, 0) is 6.54 Å². The van der Waals surface area contributed by atoms with E-state index in [1.54, 1.807) is 7.11 Å². The van der Waals surface area contributed by atoms with E-state index in [-0.39, 0.29) is 0 Å². The first-order chi connectivity index (χ1) is 8.69. The number of nitrogens with two attached hydrogens (primary N) is 1. The lowest BCUT2D eigenvalue weighted by Gasteiger charge is -2.14. The summed E-state index contributed by atoms with van der Waals surface area (Å²) in [6.07, 6.45) is 4.69. The molecule has 2 N–H and O–H groups in total. The Labute approximate surface area is 111 Å². The third-order valence-corrected chi connectivity index (χ3v) is 5.08. The number of hydrogen-bond acceptors (Lipinski definition) is 4. The summed E-state index contributed by atoms with van der Waals surface area (Å²) in [5.41, 5.74) is 7.97. The molecule has 0 atom stereocenters. The average Bonchev–Trinajstić information content (AvgIpc) is 3.10. The van der Waals surface area contributed by atoms with Crippen molar-refractivity contribution in [3.05, 3.63) is 18.2 Å². The standard InChI is InChI=1S/C13H17N3OS/c1-17-10-5-3-4-9-11(10)15-12(14)16(9)8-13(18-2)6-7-13/h3-5H,6-8H2,1-2H3,(H2,14,15). The lowest BCUT2D eigenvalue weighted by atomic mass is 10.3. The first kappa shape index (κ1) is 11.7. The van der Waals surface area contributed by atoms with Gasteiger partial charge in [-0.05, 0) is 31.2 Å². The van der Waals surface area contributed by atoms with Crippen molar-refractivity contribution in [2.45, 2.75) is 24.1 Å². The Hall–Kier alpha value is -1.36. The monoisotopic (exact) mass is 263 g/mol. The lowest BCUT2D eigenvalue weighted by Crippen LogP contribution is -2.15. The molecular weight excluding hydrogens is 246 g/mol. The molecule has 0 saturated heterocycles. The fraction of sp³-hybridized carbons (Fsp3) is 0.462. The van der Waals surface area contributed by atoms with E-state index in [4.69, 9.17) is 10.5 Å². The molecule has 0 unspecified atom stereocenters. The second kappa shape index (κ2) is 4.09. The van der Waals surface area contributed by atoms with Crippen LogP contribution in [0.1, 0.15) is 12.8 Å². The summed E-state index contributed by atoms with van der Waals surface area (Å²) < 4.78 is 7.81. The van der Waals surface area contributed by atoms with Gasteiger partial charge in [0, 0.05) is 11.3 Å². The van der Waals surface area contributed by atoms with E-state index < -0.39 is 0 Å². The van der Waals surface area contributed by atoms with E-state index in [9.17, 15) is 0 Å². The van der Waals surface area contributed by atoms with Crippen molar-refractivity contribution >= 4 is 28.7 Å². The highest BCUT2D eigenvalue weighted by Gasteiger charge is 2.42. The topological polar surface area (TPSA) is 53.1 Å². The number of nitrogen functional groups attached to an aromatic ring is 1. The number of para-hydroxylation sites is 1. The Morgan fingerprint density at radius 1 is 1.50 bits per heavy atom. The predicted molar refractivity (Wildman–Crippen MR) is 76.2 cm³/mol. The van der Waals surface area contributed by atoms with E-state index in [1.807, 2.05) is 23.9 Å². The molecule has 4 nitrogen and oxygen atoms in total. The van der Waals surface area contributed by atoms with Crippen LogP contribution in [0.4, 0.5) is 5.95 Å². The van der Waals surface area contributed by atoms with Crippen LogP contribution in [0.5, 0.6) is 5.75 Å². The fourth-order valence-electron chi connectivity index (χ4n) is 2.32. The van der Waals surface area contributed by atoms with Crippen molar-refractivity contribution in [3.63, 3.8) is 0 Å². The average molecular weight is 263 g/mol. The molecule has 3 rings (SSSR count). The molecule has 96 valence electrons. The third-order valence-electron chi connectivity index (χ3n) is 3.68. The summed E-state index contributed by atoms with van der Waals surface area (Å²) in [4.78, 5) is 4.44. The number of thioether (sulfide) groups is 1. The molecule has 1 aromatic carbocycles. The van der Waals surface area contributed by atoms with Crippen LogP contribution < -0.4 is 10.5 Å². The highest BCUT2D eigenvalue weighted by Crippen LogP contribution is 2.49. The maximum absolute atomic E-state index is 6.05. The molecule has 0 amide bonds. The van der Waals surface area contributed by atoms with Gasteiger partial charge < -0.3 is 15.0 Å². The summed E-state index contributed by atoms with van der Waals surface area (Å²) in [7, 11) is 1.66. The predicted octanol–water partition coefficient (Wildman–Crippen LogP) is 2.52. The van der Waals surface area contributed by atoms with Gasteiger partial charge in [0.05, 0.1) is 12.6 Å². The number of nitrogens with zero attached hydrogens (tertiary/aromatic N) is 2. The second-order valence-corrected chi connectivity index (χ2v) is 6.05. The van der Waals surface area contributed by atoms with Crippen LogP contribution in [0, 0.1) is 0 Å². The largest absolute Gasteiger partial charge is 0.494 e. The fourth-order valence-corrected chi connectivity index (χ4v) is 3.09. The molecule has 1 aliphatic carbocycles. The van der Waals surface area contributed by atoms with Gasteiger partial charge in [0.15, 0.2) is 0 Å². The molecule has 1 heterocycles. The highest BCUT2D eigenvalue weighted by molar-refractivity contribution is 8.00. The molecule has 0 bridgehead atoms. The molecule has 5 heteroatoms. The number of hydrogen-bond donors (Lipinski definition) is 1. The molecule has 2 aromatic rings. The van der Waals surface area contributed by atoms with E-state index >= 15 is 0 Å². The van der Waals surface area contributed by atoms with Crippen molar-refractivity contribution in [1.82, 2.24) is 9.55 Å². The first-order valence-electron chi connectivity index (χ1n) is 6.03. The van der Waals surface area contributed by atoms with E-state index in [1.165, 1.54) is 12.8 Å². The summed E-state index contributed by atoms with van der Waals surface area (Å²) >= 11 is 1.93. The van der Waals surface area contributed by atoms with E-state index in [0.29, 0.717) is 10.7 Å². The number of ether oxygens (including phenoxy) is 1. The SMILES string of the molecule is COc1cccc2c1nc(N)n2CC1(SC)CC1. The third kappa shape index (κ3) is 1.73. The zero-order chi connectivity index (χ0) is 12.8. The normalized spacial score (nSPS) is 17.0. The Morgan fingerprint density at radius 3 is 2.89 bits per heavy atom. The quantitative estimate of drug-likeness (QED) is 0.921. The molecule has 1 saturated carbocycles. The van der Waals surface area contributed by atoms with Crippen LogP contribution in [0.25, 0.3) is 11.0 Å². The number of anilines is 1. The van der Waals surface area contributed by atoms with Crippen molar-refractivity contribution in [2.75, 3.05) is 19.1 Å². The smallest absolute Gasteiger partial charge is 0.201 e. The number of imidazole rings is 1. The number of aromatic nitrogens is 2. The minimum atomic E-state index is 0.366. The summed E-state index contributed by atoms with van der Waals surface area (Å²) in [5, 5.41) is 0. The summed E-state index contributed by atoms with van der Waals surface area (Å²) in [5.74, 6) is 1.36. The summed E-state index contributed by atoms with van der Waals surface area (Å²) in [6, 6.07) is 5.95. The number of methoxy groups -OCH3 is 1. The van der Waals surface area contributed by atoms with Crippen molar-refractivity contribution < 1.29 is 4.74 Å². The Morgan fingerprint density at radius 2 is 2.28 bits per heavy atom. The van der Waals surface area contributed by atoms with Crippen LogP contribution in [0.2, 0.25) is 0 Å². The molecule has 18 heavy (non-hydrogen) atoms. The van der Waals surface area contributed by atoms with Gasteiger partial charge in [0.25, 0.3) is 0 Å². The van der Waals surface area contributed by atoms with E-state index in [0.717, 1.165) is 23.3 Å². The molecular formula is C13H17N3OS. The maximum Gasteiger partial charge on any atom is 0.201 e. The second-order valence-electron chi connectivity index (χ2n) is 4.77. The number of rotatable bonds is 4. The minimum absolute atomic E-state index is 0.366. The van der Waals surface area contributed by atoms with Gasteiger partial charge in [-0.15, -0.1) is 0 Å². The van der Waals surface area contributed by atoms with E-state index in [2.05, 4.69) is 21.9 Å². The molecule has 1 fully saturated rings. The van der Waals surface area contributed by atoms with Crippen molar-refractivity contribution in [2.24, 2.45) is 0 Å². The van der Waals surface area contributed by atoms with Gasteiger partial charge in [-0.25, -0.2) is 4.98 Å². The highest BCUT2D eigenvalue weighted by atomic mass is 32.2. The zero-order valence-electron chi connectivity index (χ0n) is 10.6. The van der Waals surface area contributed by atoms with Gasteiger partial charge in [-0.3, -0.25) is 0 Å². The first-order valence-corrected chi connectivity index (χ1v) is 7.25. The Bertz CT molecular complexity index is 589. The molecule has 1 aliphatic rings. The molecule has 0 radical (unpaired) electrons. The van der Waals surface area contributed by atoms with Crippen molar-refractivity contribution in [1.29, 1.82) is 0 Å². The minimum Gasteiger partial charge on any atom is -0.494 e. The molecule has 0 spiro atoms. The summed E-state index contributed by atoms with van der Waals surface area (Å²) in [6.45, 7) is 0.934. The number of benzene rings is 1. The van der Waals surface area contributed by atoms with Gasteiger partial charge >= 0.3 is 0 Å². The van der Waals surface area contributed by atoms with Crippen LogP contribution >= 0.6 is 11.8 Å². The van der Waals surface area contributed by atoms with Crippen LogP contribution in [-0.4, -0.2) is 27.7 Å². The van der Waals surface area contributed by atoms with Crippen LogP contribution in [0.3, 0.4) is 0 Å². The zero-order valence-corrected chi connectivity index (χ0v) is 11.5. The Balaban J connectivity index is 2.09. The lowest BCUT2D eigenvalue weighted by molar-refractivity contribution is 0.419. The molecule has 0 aliphatic heterocycles. The Kier molecular flexibility index (Phi) is 2.66. The van der Waals surface area contributed by atoms with Gasteiger partial charge in [0.1, 0.15) is 11.3 Å². The van der Waals surface area contributed by atoms with Gasteiger partial charge in [-0.1, -0.05) is 6.07 Å². The van der Waals surface area contributed by atoms with Gasteiger partial charge in [0.2, 0.25) is 5.95 Å². The van der Waals surface area contributed by atoms with Crippen LogP contribution in [0.15, 0.2) is 18.2 Å². The number of fused-ring (bicyclic) bond motifs is 1. The van der Waals surface area contributed by atoms with Gasteiger partial charge in [-0.2, -0.15) is 11.8 Å². The molecule has 1 aromatic heterocycles. The van der Waals surface area contributed by atoms with Crippen molar-refractivity contribution in [3.8, 4) is 5.75 Å².